The normalized spacial score (nSPS) is 23.6. The summed E-state index contributed by atoms with van der Waals surface area (Å²) >= 11 is 0. The van der Waals surface area contributed by atoms with Crippen LogP contribution in [0.4, 0.5) is 4.79 Å². The van der Waals surface area contributed by atoms with Crippen molar-refractivity contribution in [2.45, 2.75) is 31.4 Å². The molecule has 3 aliphatic heterocycles. The quantitative estimate of drug-likeness (QED) is 0.821. The zero-order valence-corrected chi connectivity index (χ0v) is 17.5. The van der Waals surface area contributed by atoms with Crippen molar-refractivity contribution in [1.82, 2.24) is 20.1 Å². The topological polar surface area (TPSA) is 84.0 Å². The van der Waals surface area contributed by atoms with Crippen LogP contribution in [0, 0.1) is 6.92 Å². The molecule has 8 nitrogen and oxygen atoms in total. The first-order chi connectivity index (χ1) is 15.0. The minimum absolute atomic E-state index is 0.0154. The van der Waals surface area contributed by atoms with Gasteiger partial charge in [0.15, 0.2) is 0 Å². The number of hydrogen-bond acceptors (Lipinski definition) is 5. The van der Waals surface area contributed by atoms with Crippen molar-refractivity contribution in [2.75, 3.05) is 32.8 Å². The molecular formula is C23H26N4O4. The molecule has 4 heterocycles. The summed E-state index contributed by atoms with van der Waals surface area (Å²) in [6.07, 6.45) is 0.771. The molecule has 3 aliphatic rings. The summed E-state index contributed by atoms with van der Waals surface area (Å²) in [5, 5.41) is 2.95. The Hall–Kier alpha value is -3.13. The third kappa shape index (κ3) is 4.20. The highest BCUT2D eigenvalue weighted by molar-refractivity contribution is 5.79. The Labute approximate surface area is 181 Å². The van der Waals surface area contributed by atoms with Gasteiger partial charge in [0.25, 0.3) is 0 Å². The molecule has 0 aliphatic carbocycles. The average molecular weight is 422 g/mol. The number of morpholine rings is 1. The Morgan fingerprint density at radius 2 is 1.94 bits per heavy atom. The third-order valence-corrected chi connectivity index (χ3v) is 6.18. The van der Waals surface area contributed by atoms with E-state index in [2.05, 4.69) is 22.4 Å². The molecule has 31 heavy (non-hydrogen) atoms. The van der Waals surface area contributed by atoms with Crippen LogP contribution in [-0.2, 0) is 9.53 Å². The summed E-state index contributed by atoms with van der Waals surface area (Å²) in [6.45, 7) is 4.62. The molecule has 3 fully saturated rings. The number of hydrogen-bond donors (Lipinski definition) is 1. The van der Waals surface area contributed by atoms with Gasteiger partial charge in [0, 0.05) is 43.9 Å². The molecule has 1 aromatic heterocycles. The molecule has 5 rings (SSSR count). The summed E-state index contributed by atoms with van der Waals surface area (Å²) < 4.78 is 11.4. The number of nitrogens with one attached hydrogen (secondary N) is 1. The van der Waals surface area contributed by atoms with Crippen molar-refractivity contribution in [3.8, 4) is 11.6 Å². The summed E-state index contributed by atoms with van der Waals surface area (Å²) in [6, 6.07) is 13.6. The molecular weight excluding hydrogens is 396 g/mol. The minimum atomic E-state index is -0.106. The second-order valence-electron chi connectivity index (χ2n) is 8.43. The molecule has 2 atom stereocenters. The fourth-order valence-corrected chi connectivity index (χ4v) is 4.42. The van der Waals surface area contributed by atoms with Gasteiger partial charge in [0.1, 0.15) is 12.4 Å². The van der Waals surface area contributed by atoms with E-state index in [4.69, 9.17) is 9.47 Å². The maximum Gasteiger partial charge on any atom is 0.320 e. The number of aromatic nitrogens is 1. The number of aryl methyl sites for hydroxylation is 1. The predicted molar refractivity (Wildman–Crippen MR) is 113 cm³/mol. The van der Waals surface area contributed by atoms with E-state index in [0.717, 1.165) is 17.9 Å². The molecule has 2 aromatic rings. The maximum atomic E-state index is 12.9. The van der Waals surface area contributed by atoms with Crippen LogP contribution in [0.15, 0.2) is 42.5 Å². The van der Waals surface area contributed by atoms with Crippen LogP contribution in [0.3, 0.4) is 0 Å². The Morgan fingerprint density at radius 3 is 2.71 bits per heavy atom. The molecule has 1 N–H and O–H groups in total. The largest absolute Gasteiger partial charge is 0.439 e. The van der Waals surface area contributed by atoms with Crippen LogP contribution in [-0.4, -0.2) is 71.7 Å². The van der Waals surface area contributed by atoms with Gasteiger partial charge in [-0.2, -0.15) is 0 Å². The fraction of sp³-hybridized carbons (Fsp3) is 0.435. The monoisotopic (exact) mass is 422 g/mol. The smallest absolute Gasteiger partial charge is 0.320 e. The first kappa shape index (κ1) is 19.8. The van der Waals surface area contributed by atoms with Crippen LogP contribution < -0.4 is 10.1 Å². The van der Waals surface area contributed by atoms with E-state index in [1.54, 1.807) is 0 Å². The number of pyridine rings is 1. The van der Waals surface area contributed by atoms with Crippen LogP contribution in [0.2, 0.25) is 0 Å². The van der Waals surface area contributed by atoms with Crippen molar-refractivity contribution in [2.24, 2.45) is 0 Å². The molecule has 8 heteroatoms. The number of ether oxygens (including phenoxy) is 2. The summed E-state index contributed by atoms with van der Waals surface area (Å²) in [7, 11) is 0. The average Bonchev–Trinajstić information content (AvgIpc) is 2.73. The number of fused-ring (bicyclic) bond motifs is 1. The van der Waals surface area contributed by atoms with Gasteiger partial charge >= 0.3 is 6.03 Å². The number of nitrogens with zero attached hydrogens (tertiary/aromatic N) is 3. The van der Waals surface area contributed by atoms with E-state index in [0.29, 0.717) is 38.0 Å². The zero-order valence-electron chi connectivity index (χ0n) is 17.5. The Balaban J connectivity index is 1.13. The van der Waals surface area contributed by atoms with Crippen LogP contribution in [0.5, 0.6) is 11.6 Å². The number of likely N-dealkylation sites (tertiary alicyclic amines) is 2. The number of urea groups is 1. The van der Waals surface area contributed by atoms with Crippen LogP contribution in [0.25, 0.3) is 0 Å². The lowest BCUT2D eigenvalue weighted by molar-refractivity contribution is -0.139. The standard InChI is InChI=1S/C23H26N4O4/c1-15-3-2-4-22(24-15)31-18-7-5-16(6-8-18)17-11-27(12-17)23(29)26-10-9-20-19(13-26)25-21(28)14-30-20/h2-8,17,19-20H,9-14H2,1H3,(H,25,28)/t19-,20?/m1/s1. The van der Waals surface area contributed by atoms with Crippen molar-refractivity contribution < 1.29 is 19.1 Å². The number of carbonyl (C=O) groups is 2. The molecule has 0 radical (unpaired) electrons. The highest BCUT2D eigenvalue weighted by atomic mass is 16.5. The van der Waals surface area contributed by atoms with Gasteiger partial charge in [-0.1, -0.05) is 18.2 Å². The molecule has 0 spiro atoms. The lowest BCUT2D eigenvalue weighted by atomic mass is 9.91. The van der Waals surface area contributed by atoms with Gasteiger partial charge in [0.2, 0.25) is 11.8 Å². The first-order valence-corrected chi connectivity index (χ1v) is 10.7. The summed E-state index contributed by atoms with van der Waals surface area (Å²) in [5.41, 5.74) is 2.11. The predicted octanol–water partition coefficient (Wildman–Crippen LogP) is 2.29. The van der Waals surface area contributed by atoms with Gasteiger partial charge in [-0.05, 0) is 37.1 Å². The van der Waals surface area contributed by atoms with Crippen molar-refractivity contribution in [3.05, 3.63) is 53.7 Å². The van der Waals surface area contributed by atoms with Crippen molar-refractivity contribution in [1.29, 1.82) is 0 Å². The molecule has 3 saturated heterocycles. The molecule has 162 valence electrons. The number of rotatable bonds is 3. The Bertz CT molecular complexity index is 974. The molecule has 1 unspecified atom stereocenters. The second kappa shape index (κ2) is 8.19. The van der Waals surface area contributed by atoms with Gasteiger partial charge in [-0.3, -0.25) is 4.79 Å². The van der Waals surface area contributed by atoms with Crippen molar-refractivity contribution >= 4 is 11.9 Å². The zero-order chi connectivity index (χ0) is 21.4. The molecule has 3 amide bonds. The van der Waals surface area contributed by atoms with Gasteiger partial charge in [-0.15, -0.1) is 0 Å². The molecule has 1 aromatic carbocycles. The van der Waals surface area contributed by atoms with E-state index >= 15 is 0 Å². The second-order valence-corrected chi connectivity index (χ2v) is 8.43. The highest BCUT2D eigenvalue weighted by Gasteiger charge is 2.40. The van der Waals surface area contributed by atoms with E-state index in [-0.39, 0.29) is 30.7 Å². The molecule has 0 saturated carbocycles. The van der Waals surface area contributed by atoms with E-state index < -0.39 is 0 Å². The maximum absolute atomic E-state index is 12.9. The van der Waals surface area contributed by atoms with Gasteiger partial charge in [0.05, 0.1) is 12.1 Å². The molecule has 0 bridgehead atoms. The summed E-state index contributed by atoms with van der Waals surface area (Å²) in [5.74, 6) is 1.54. The van der Waals surface area contributed by atoms with Gasteiger partial charge in [-0.25, -0.2) is 9.78 Å². The minimum Gasteiger partial charge on any atom is -0.439 e. The van der Waals surface area contributed by atoms with E-state index in [1.165, 1.54) is 5.56 Å². The van der Waals surface area contributed by atoms with E-state index in [1.807, 2.05) is 47.1 Å². The number of carbonyl (C=O) groups excluding carboxylic acids is 2. The van der Waals surface area contributed by atoms with E-state index in [9.17, 15) is 9.59 Å². The number of piperidine rings is 1. The van der Waals surface area contributed by atoms with Crippen LogP contribution in [0.1, 0.15) is 23.6 Å². The number of benzene rings is 1. The Kier molecular flexibility index (Phi) is 5.23. The Morgan fingerprint density at radius 1 is 1.13 bits per heavy atom. The summed E-state index contributed by atoms with van der Waals surface area (Å²) in [4.78, 5) is 32.5. The fourth-order valence-electron chi connectivity index (χ4n) is 4.42. The van der Waals surface area contributed by atoms with Gasteiger partial charge < -0.3 is 24.6 Å². The van der Waals surface area contributed by atoms with Crippen molar-refractivity contribution in [3.63, 3.8) is 0 Å². The SMILES string of the molecule is Cc1cccc(Oc2ccc(C3CN(C(=O)N4CCC5OCC(=O)N[C@@H]5C4)C3)cc2)n1. The number of amides is 3. The lowest BCUT2D eigenvalue weighted by Crippen LogP contribution is -2.63. The highest BCUT2D eigenvalue weighted by Crippen LogP contribution is 2.31. The lowest BCUT2D eigenvalue weighted by Gasteiger charge is -2.46. The van der Waals surface area contributed by atoms with Crippen LogP contribution >= 0.6 is 0 Å². The first-order valence-electron chi connectivity index (χ1n) is 10.7. The third-order valence-electron chi connectivity index (χ3n) is 6.18.